The first-order valence-electron chi connectivity index (χ1n) is 10.6. The molecule has 1 aliphatic rings. The van der Waals surface area contributed by atoms with Gasteiger partial charge in [-0.3, -0.25) is 9.52 Å². The van der Waals surface area contributed by atoms with Crippen LogP contribution in [0.5, 0.6) is 23.4 Å². The number of primary amides is 1. The Bertz CT molecular complexity index is 1340. The monoisotopic (exact) mass is 580 g/mol. The van der Waals surface area contributed by atoms with Gasteiger partial charge in [0.05, 0.1) is 15.8 Å². The molecule has 36 heavy (non-hydrogen) atoms. The van der Waals surface area contributed by atoms with Crippen molar-refractivity contribution in [1.29, 1.82) is 0 Å². The molecule has 190 valence electrons. The number of nitrogens with two attached hydrogens (primary N) is 1. The molecule has 2 aromatic heterocycles. The topological polar surface area (TPSA) is 178 Å². The summed E-state index contributed by atoms with van der Waals surface area (Å²) < 4.78 is 50.6. The highest BCUT2D eigenvalue weighted by Gasteiger charge is 2.23. The van der Waals surface area contributed by atoms with Crippen molar-refractivity contribution in [1.82, 2.24) is 19.9 Å². The highest BCUT2D eigenvalue weighted by atomic mass is 79.9. The number of carbonyl (C=O) groups is 1. The second-order valence-corrected chi connectivity index (χ2v) is 10.1. The largest absolute Gasteiger partial charge is 0.473 e. The van der Waals surface area contributed by atoms with E-state index in [2.05, 4.69) is 40.6 Å². The van der Waals surface area contributed by atoms with E-state index in [1.165, 1.54) is 6.33 Å². The molecule has 3 aromatic rings. The van der Waals surface area contributed by atoms with Crippen LogP contribution in [-0.2, 0) is 14.8 Å². The zero-order chi connectivity index (χ0) is 25.5. The third kappa shape index (κ3) is 6.69. The van der Waals surface area contributed by atoms with Crippen molar-refractivity contribution in [3.05, 3.63) is 41.4 Å². The zero-order valence-electron chi connectivity index (χ0n) is 18.7. The third-order valence-corrected chi connectivity index (χ3v) is 6.45. The Labute approximate surface area is 214 Å². The maximum Gasteiger partial charge on any atom is 0.316 e. The minimum atomic E-state index is -3.86. The number of benzene rings is 1. The second-order valence-electron chi connectivity index (χ2n) is 7.34. The SMILES string of the molecule is NC(=O)CCCS(=O)(=O)Nc1ncnc(OCCOc2ncc(Br)cn2)c1-c1ccc2c(c1)OCO2. The molecule has 1 aromatic carbocycles. The van der Waals surface area contributed by atoms with Crippen LogP contribution in [0.15, 0.2) is 41.4 Å². The normalized spacial score (nSPS) is 12.2. The molecule has 13 nitrogen and oxygen atoms in total. The van der Waals surface area contributed by atoms with E-state index in [4.69, 9.17) is 24.7 Å². The first-order chi connectivity index (χ1) is 17.3. The number of hydrogen-bond donors (Lipinski definition) is 2. The lowest BCUT2D eigenvalue weighted by molar-refractivity contribution is -0.118. The van der Waals surface area contributed by atoms with Gasteiger partial charge in [-0.2, -0.15) is 0 Å². The average Bonchev–Trinajstić information content (AvgIpc) is 3.30. The van der Waals surface area contributed by atoms with E-state index in [9.17, 15) is 13.2 Å². The number of amides is 1. The summed E-state index contributed by atoms with van der Waals surface area (Å²) in [6, 6.07) is 5.24. The summed E-state index contributed by atoms with van der Waals surface area (Å²) in [5, 5.41) is 0. The van der Waals surface area contributed by atoms with Crippen LogP contribution in [0.1, 0.15) is 12.8 Å². The van der Waals surface area contributed by atoms with Crippen LogP contribution in [0.4, 0.5) is 5.82 Å². The van der Waals surface area contributed by atoms with Crippen LogP contribution < -0.4 is 29.4 Å². The molecule has 0 spiro atoms. The van der Waals surface area contributed by atoms with Gasteiger partial charge in [-0.1, -0.05) is 6.07 Å². The summed E-state index contributed by atoms with van der Waals surface area (Å²) in [6.45, 7) is 0.224. The van der Waals surface area contributed by atoms with Crippen molar-refractivity contribution >= 4 is 37.7 Å². The van der Waals surface area contributed by atoms with Gasteiger partial charge in [0.2, 0.25) is 28.6 Å². The highest BCUT2D eigenvalue weighted by molar-refractivity contribution is 9.10. The van der Waals surface area contributed by atoms with Crippen LogP contribution in [0.2, 0.25) is 0 Å². The highest BCUT2D eigenvalue weighted by Crippen LogP contribution is 2.40. The van der Waals surface area contributed by atoms with Gasteiger partial charge in [0, 0.05) is 18.8 Å². The van der Waals surface area contributed by atoms with Gasteiger partial charge in [0.1, 0.15) is 19.5 Å². The maximum atomic E-state index is 12.7. The standard InChI is InChI=1S/C21H21BrN6O7S/c22-14-9-24-21(25-10-14)33-6-5-32-20-18(13-3-4-15-16(8-13)35-12-34-15)19(26-11-27-20)28-36(30,31)7-1-2-17(23)29/h3-4,8-11H,1-2,5-7,12H2,(H2,23,29)(H,26,27,28). The van der Waals surface area contributed by atoms with Gasteiger partial charge in [-0.15, -0.1) is 0 Å². The summed E-state index contributed by atoms with van der Waals surface area (Å²) in [5.74, 6) is 0.231. The molecule has 15 heteroatoms. The first kappa shape index (κ1) is 25.4. The van der Waals surface area contributed by atoms with E-state index >= 15 is 0 Å². The fourth-order valence-corrected chi connectivity index (χ4v) is 4.43. The van der Waals surface area contributed by atoms with Crippen molar-refractivity contribution in [3.8, 4) is 34.5 Å². The van der Waals surface area contributed by atoms with Gasteiger partial charge in [-0.25, -0.2) is 28.4 Å². The fraction of sp³-hybridized carbons (Fsp3) is 0.286. The number of rotatable bonds is 12. The number of nitrogens with one attached hydrogen (secondary N) is 1. The molecule has 0 saturated heterocycles. The second kappa shape index (κ2) is 11.3. The maximum absolute atomic E-state index is 12.7. The molecule has 0 radical (unpaired) electrons. The molecule has 4 rings (SSSR count). The molecule has 0 unspecified atom stereocenters. The summed E-state index contributed by atoms with van der Waals surface area (Å²) in [6.07, 6.45) is 4.27. The number of sulfonamides is 1. The molecule has 0 aliphatic carbocycles. The number of anilines is 1. The quantitative estimate of drug-likeness (QED) is 0.299. The molecule has 0 bridgehead atoms. The molecule has 0 saturated carbocycles. The Hall–Kier alpha value is -3.72. The number of hydrogen-bond acceptors (Lipinski definition) is 11. The van der Waals surface area contributed by atoms with Gasteiger partial charge < -0.3 is 24.7 Å². The number of halogens is 1. The molecule has 3 heterocycles. The summed E-state index contributed by atoms with van der Waals surface area (Å²) in [4.78, 5) is 27.3. The van der Waals surface area contributed by atoms with Gasteiger partial charge in [0.25, 0.3) is 0 Å². The predicted molar refractivity (Wildman–Crippen MR) is 130 cm³/mol. The first-order valence-corrected chi connectivity index (χ1v) is 13.0. The zero-order valence-corrected chi connectivity index (χ0v) is 21.1. The van der Waals surface area contributed by atoms with Crippen molar-refractivity contribution < 1.29 is 32.2 Å². The van der Waals surface area contributed by atoms with E-state index in [1.54, 1.807) is 30.6 Å². The molecule has 1 amide bonds. The lowest BCUT2D eigenvalue weighted by atomic mass is 10.1. The van der Waals surface area contributed by atoms with E-state index in [0.717, 1.165) is 0 Å². The molecule has 3 N–H and O–H groups in total. The Morgan fingerprint density at radius 3 is 2.61 bits per heavy atom. The fourth-order valence-electron chi connectivity index (χ4n) is 3.15. The van der Waals surface area contributed by atoms with E-state index < -0.39 is 15.9 Å². The number of fused-ring (bicyclic) bond motifs is 1. The number of carbonyl (C=O) groups excluding carboxylic acids is 1. The van der Waals surface area contributed by atoms with Crippen molar-refractivity contribution in [2.75, 3.05) is 30.5 Å². The predicted octanol–water partition coefficient (Wildman–Crippen LogP) is 1.89. The lowest BCUT2D eigenvalue weighted by Gasteiger charge is -2.16. The summed E-state index contributed by atoms with van der Waals surface area (Å²) >= 11 is 3.25. The van der Waals surface area contributed by atoms with E-state index in [0.29, 0.717) is 21.5 Å². The van der Waals surface area contributed by atoms with Crippen molar-refractivity contribution in [3.63, 3.8) is 0 Å². The Kier molecular flexibility index (Phi) is 8.00. The van der Waals surface area contributed by atoms with E-state index in [1.807, 2.05) is 0 Å². The summed E-state index contributed by atoms with van der Waals surface area (Å²) in [5.41, 5.74) is 5.92. The average molecular weight is 581 g/mol. The Morgan fingerprint density at radius 1 is 1.08 bits per heavy atom. The Balaban J connectivity index is 1.56. The number of aromatic nitrogens is 4. The molecule has 0 atom stereocenters. The smallest absolute Gasteiger partial charge is 0.316 e. The number of nitrogens with zero attached hydrogens (tertiary/aromatic N) is 4. The lowest BCUT2D eigenvalue weighted by Crippen LogP contribution is -2.20. The molecule has 0 fully saturated rings. The minimum absolute atomic E-state index is 0.00454. The van der Waals surface area contributed by atoms with Crippen molar-refractivity contribution in [2.24, 2.45) is 5.73 Å². The third-order valence-electron chi connectivity index (χ3n) is 4.71. The van der Waals surface area contributed by atoms with Gasteiger partial charge >= 0.3 is 6.01 Å². The van der Waals surface area contributed by atoms with Crippen LogP contribution in [0, 0.1) is 0 Å². The molecular weight excluding hydrogens is 560 g/mol. The van der Waals surface area contributed by atoms with Crippen LogP contribution in [0.25, 0.3) is 11.1 Å². The summed E-state index contributed by atoms with van der Waals surface area (Å²) in [7, 11) is -3.86. The minimum Gasteiger partial charge on any atom is -0.473 e. The van der Waals surface area contributed by atoms with Crippen molar-refractivity contribution in [2.45, 2.75) is 12.8 Å². The molecule has 1 aliphatic heterocycles. The van der Waals surface area contributed by atoms with Crippen LogP contribution in [-0.4, -0.2) is 60.0 Å². The Morgan fingerprint density at radius 2 is 1.83 bits per heavy atom. The van der Waals surface area contributed by atoms with Gasteiger partial charge in [-0.05, 0) is 40.0 Å². The number of ether oxygens (including phenoxy) is 4. The van der Waals surface area contributed by atoms with E-state index in [-0.39, 0.29) is 61.9 Å². The van der Waals surface area contributed by atoms with Crippen LogP contribution in [0.3, 0.4) is 0 Å². The van der Waals surface area contributed by atoms with Gasteiger partial charge in [0.15, 0.2) is 17.3 Å². The molecular formula is C21H21BrN6O7S. The van der Waals surface area contributed by atoms with Crippen LogP contribution >= 0.6 is 15.9 Å².